The molecule has 10 heteroatoms. The largest absolute Gasteiger partial charge is 0.496 e. The first-order valence-corrected chi connectivity index (χ1v) is 18.4. The summed E-state index contributed by atoms with van der Waals surface area (Å²) in [7, 11) is 0.113. The van der Waals surface area contributed by atoms with Crippen molar-refractivity contribution >= 4 is 32.7 Å². The smallest absolute Gasteiger partial charge is 0.265 e. The van der Waals surface area contributed by atoms with Gasteiger partial charge in [-0.3, -0.25) is 9.59 Å². The summed E-state index contributed by atoms with van der Waals surface area (Å²) in [6.45, 7) is 2.25. The molecule has 3 aliphatic heterocycles. The molecule has 9 nitrogen and oxygen atoms in total. The Kier molecular flexibility index (Phi) is 6.84. The van der Waals surface area contributed by atoms with Crippen LogP contribution in [0.15, 0.2) is 52.6 Å². The quantitative estimate of drug-likeness (QED) is 0.527. The van der Waals surface area contributed by atoms with Crippen molar-refractivity contribution in [3.05, 3.63) is 63.9 Å². The molecule has 1 aromatic carbocycles. The van der Waals surface area contributed by atoms with E-state index in [9.17, 15) is 18.0 Å². The highest BCUT2D eigenvalue weighted by Gasteiger charge is 2.50. The van der Waals surface area contributed by atoms with E-state index >= 15 is 0 Å². The van der Waals surface area contributed by atoms with Crippen LogP contribution in [0.2, 0.25) is 0 Å². The lowest BCUT2D eigenvalue weighted by Gasteiger charge is -2.43. The fourth-order valence-corrected chi connectivity index (χ4v) is 9.83. The highest BCUT2D eigenvalue weighted by atomic mass is 32.2. The lowest BCUT2D eigenvalue weighted by Crippen LogP contribution is -2.56. The number of piperazine rings is 1. The molecule has 3 unspecified atom stereocenters. The number of likely N-dealkylation sites (tertiary alicyclic amines) is 1. The second-order valence-corrected chi connectivity index (χ2v) is 15.8. The minimum absolute atomic E-state index is 0.200. The van der Waals surface area contributed by atoms with E-state index in [1.807, 2.05) is 0 Å². The summed E-state index contributed by atoms with van der Waals surface area (Å²) in [5, 5.41) is 1.04. The van der Waals surface area contributed by atoms with Crippen LogP contribution in [0.5, 0.6) is 5.75 Å². The minimum Gasteiger partial charge on any atom is -0.496 e. The van der Waals surface area contributed by atoms with Gasteiger partial charge >= 0.3 is 0 Å². The van der Waals surface area contributed by atoms with Gasteiger partial charge in [0.1, 0.15) is 5.75 Å². The summed E-state index contributed by atoms with van der Waals surface area (Å²) in [5.74, 6) is 0.293. The number of hydrogen-bond acceptors (Lipinski definition) is 6. The zero-order valence-electron chi connectivity index (χ0n) is 26.3. The number of fused-ring (bicyclic) bond motifs is 8. The van der Waals surface area contributed by atoms with Crippen molar-refractivity contribution < 1.29 is 22.7 Å². The van der Waals surface area contributed by atoms with Crippen LogP contribution in [0.4, 0.5) is 0 Å². The zero-order chi connectivity index (χ0) is 31.2. The second kappa shape index (κ2) is 10.6. The number of carbonyl (C=O) groups is 2. The van der Waals surface area contributed by atoms with Crippen molar-refractivity contribution in [3.8, 4) is 5.75 Å². The standard InChI is InChI=1S/C35H42N4O5S/c1-37-17-21-12-13-22(18-37)39(21)35(41)25-11-7-10-24-30(25)28-16-26-29(44-2)15-14-23(20-8-5-4-6-9-20)33(26)38(28)19-27-31(24)32(27)34(40)36-45(3,42)43/h7,10,14-16,20-22,25,30H,4-6,8-9,11-13,17-19H2,1-3H3,(H,36,40)/t21?,22?,25-,30?/m1/s1. The molecule has 0 radical (unpaired) electrons. The minimum atomic E-state index is -3.74. The molecule has 2 aromatic rings. The number of likely N-dealkylation sites (N-methyl/N-ethyl adjacent to an activating group) is 1. The van der Waals surface area contributed by atoms with Gasteiger partial charge in [-0.1, -0.05) is 37.5 Å². The highest BCUT2D eigenvalue weighted by molar-refractivity contribution is 7.89. The number of nitrogens with zero attached hydrogens (tertiary/aromatic N) is 3. The Labute approximate surface area is 265 Å². The first-order chi connectivity index (χ1) is 21.6. The van der Waals surface area contributed by atoms with E-state index in [1.54, 1.807) is 7.11 Å². The SMILES string of the molecule is COc1ccc(C2CCCCC2)c2c1cc1n2CC2=C(C(=O)NS(C)(=O)=O)C2=C2C=CC[C@@H](C(=O)N3C4CCC3CN(C)C4)C21. The van der Waals surface area contributed by atoms with Crippen molar-refractivity contribution in [1.82, 2.24) is 19.1 Å². The summed E-state index contributed by atoms with van der Waals surface area (Å²) < 4.78 is 34.7. The van der Waals surface area contributed by atoms with Crippen LogP contribution in [0, 0.1) is 5.92 Å². The van der Waals surface area contributed by atoms with E-state index in [2.05, 4.69) is 56.5 Å². The number of allylic oxidation sites excluding steroid dienone is 4. The Bertz CT molecular complexity index is 1810. The topological polar surface area (TPSA) is 101 Å². The average molecular weight is 631 g/mol. The molecule has 3 aliphatic carbocycles. The van der Waals surface area contributed by atoms with Crippen LogP contribution < -0.4 is 9.46 Å². The number of nitrogens with one attached hydrogen (secondary N) is 1. The number of methoxy groups -OCH3 is 1. The predicted octanol–water partition coefficient (Wildman–Crippen LogP) is 4.36. The zero-order valence-corrected chi connectivity index (χ0v) is 27.2. The number of amides is 2. The van der Waals surface area contributed by atoms with Crippen molar-refractivity contribution in [2.45, 2.75) is 81.8 Å². The van der Waals surface area contributed by atoms with Crippen LogP contribution >= 0.6 is 0 Å². The van der Waals surface area contributed by atoms with Crippen LogP contribution in [0.1, 0.15) is 74.5 Å². The van der Waals surface area contributed by atoms with E-state index in [0.29, 0.717) is 24.5 Å². The van der Waals surface area contributed by atoms with Crippen LogP contribution in [-0.2, 0) is 26.2 Å². The number of carbonyl (C=O) groups excluding carboxylic acids is 2. The molecule has 3 fully saturated rings. The molecule has 4 atom stereocenters. The van der Waals surface area contributed by atoms with Crippen molar-refractivity contribution in [2.75, 3.05) is 33.5 Å². The number of ether oxygens (including phenoxy) is 1. The summed E-state index contributed by atoms with van der Waals surface area (Å²) in [6.07, 6.45) is 13.8. The highest BCUT2D eigenvalue weighted by Crippen LogP contribution is 2.55. The maximum Gasteiger partial charge on any atom is 0.265 e. The lowest BCUT2D eigenvalue weighted by molar-refractivity contribution is -0.141. The molecule has 1 saturated carbocycles. The fraction of sp³-hybridized carbons (Fsp3) is 0.543. The Morgan fingerprint density at radius 3 is 2.44 bits per heavy atom. The number of rotatable bonds is 5. The molecule has 1 aromatic heterocycles. The summed E-state index contributed by atoms with van der Waals surface area (Å²) in [4.78, 5) is 32.6. The molecule has 2 saturated heterocycles. The van der Waals surface area contributed by atoms with Gasteiger partial charge in [0.25, 0.3) is 5.91 Å². The Hall–Kier alpha value is -3.37. The molecule has 45 heavy (non-hydrogen) atoms. The molecular formula is C35H42N4O5S. The molecule has 0 spiro atoms. The molecule has 8 rings (SSSR count). The van der Waals surface area contributed by atoms with Crippen molar-refractivity contribution in [3.63, 3.8) is 0 Å². The molecule has 1 N–H and O–H groups in total. The van der Waals surface area contributed by atoms with E-state index < -0.39 is 15.9 Å². The van der Waals surface area contributed by atoms with Crippen LogP contribution in [-0.4, -0.2) is 80.2 Å². The molecule has 238 valence electrons. The summed E-state index contributed by atoms with van der Waals surface area (Å²) in [6, 6.07) is 6.99. The Morgan fingerprint density at radius 1 is 1.02 bits per heavy atom. The molecule has 2 amide bonds. The van der Waals surface area contributed by atoms with Gasteiger partial charge in [0, 0.05) is 48.7 Å². The average Bonchev–Trinajstić information content (AvgIpc) is 3.55. The maximum absolute atomic E-state index is 14.7. The fourth-order valence-electron chi connectivity index (χ4n) is 9.39. The number of benzene rings is 1. The van der Waals surface area contributed by atoms with Crippen molar-refractivity contribution in [1.29, 1.82) is 0 Å². The molecule has 2 bridgehead atoms. The molecular weight excluding hydrogens is 588 g/mol. The lowest BCUT2D eigenvalue weighted by atomic mass is 9.75. The third-order valence-electron chi connectivity index (χ3n) is 11.2. The number of aromatic nitrogens is 1. The van der Waals surface area contributed by atoms with Gasteiger partial charge in [0.05, 0.1) is 30.4 Å². The Balaban J connectivity index is 1.31. The maximum atomic E-state index is 14.7. The van der Waals surface area contributed by atoms with E-state index in [1.165, 1.54) is 24.8 Å². The van der Waals surface area contributed by atoms with Crippen molar-refractivity contribution in [2.24, 2.45) is 5.92 Å². The number of sulfonamides is 1. The van der Waals surface area contributed by atoms with Crippen LogP contribution in [0.25, 0.3) is 10.9 Å². The van der Waals surface area contributed by atoms with Gasteiger partial charge in [-0.05, 0) is 79.5 Å². The second-order valence-electron chi connectivity index (χ2n) is 14.1. The Morgan fingerprint density at radius 2 is 1.76 bits per heavy atom. The normalized spacial score (nSPS) is 28.1. The third-order valence-corrected chi connectivity index (χ3v) is 11.8. The van der Waals surface area contributed by atoms with Gasteiger partial charge in [-0.25, -0.2) is 13.1 Å². The third kappa shape index (κ3) is 4.70. The summed E-state index contributed by atoms with van der Waals surface area (Å²) in [5.41, 5.74) is 6.61. The van der Waals surface area contributed by atoms with E-state index in [4.69, 9.17) is 4.74 Å². The summed E-state index contributed by atoms with van der Waals surface area (Å²) >= 11 is 0. The molecule has 4 heterocycles. The van der Waals surface area contributed by atoms with Crippen LogP contribution in [0.3, 0.4) is 0 Å². The first-order valence-electron chi connectivity index (χ1n) is 16.5. The van der Waals surface area contributed by atoms with Gasteiger partial charge < -0.3 is 19.1 Å². The van der Waals surface area contributed by atoms with E-state index in [-0.39, 0.29) is 29.8 Å². The monoisotopic (exact) mass is 630 g/mol. The number of hydrogen-bond donors (Lipinski definition) is 1. The van der Waals surface area contributed by atoms with E-state index in [0.717, 1.165) is 84.1 Å². The van der Waals surface area contributed by atoms with Gasteiger partial charge in [0.2, 0.25) is 15.9 Å². The van der Waals surface area contributed by atoms with Gasteiger partial charge in [0.15, 0.2) is 0 Å². The predicted molar refractivity (Wildman–Crippen MR) is 172 cm³/mol. The first kappa shape index (κ1) is 29.1. The van der Waals surface area contributed by atoms with Gasteiger partial charge in [-0.15, -0.1) is 0 Å². The van der Waals surface area contributed by atoms with Gasteiger partial charge in [-0.2, -0.15) is 0 Å². The molecule has 6 aliphatic rings.